The van der Waals surface area contributed by atoms with Crippen LogP contribution in [0.3, 0.4) is 0 Å². The highest BCUT2D eigenvalue weighted by Crippen LogP contribution is 2.25. The number of hydrogen-bond donors (Lipinski definition) is 2. The summed E-state index contributed by atoms with van der Waals surface area (Å²) in [6.45, 7) is 2.43. The highest BCUT2D eigenvalue weighted by atomic mass is 32.1. The van der Waals surface area contributed by atoms with Gasteiger partial charge < -0.3 is 24.8 Å². The molecule has 1 unspecified atom stereocenters. The normalized spacial score (nSPS) is 11.3. The second kappa shape index (κ2) is 8.93. The van der Waals surface area contributed by atoms with E-state index in [4.69, 9.17) is 26.4 Å². The molecule has 2 rings (SSSR count). The Balaban J connectivity index is 1.80. The first kappa shape index (κ1) is 17.8. The Hall–Kier alpha value is -2.54. The lowest BCUT2D eigenvalue weighted by molar-refractivity contribution is 0.270. The summed E-state index contributed by atoms with van der Waals surface area (Å²) in [6.07, 6.45) is 1.66. The monoisotopic (exact) mass is 347 g/mol. The molecular formula is C17H21N3O3S. The zero-order valence-electron chi connectivity index (χ0n) is 13.9. The van der Waals surface area contributed by atoms with Crippen LogP contribution in [-0.4, -0.2) is 37.0 Å². The van der Waals surface area contributed by atoms with Crippen LogP contribution in [0.5, 0.6) is 17.4 Å². The van der Waals surface area contributed by atoms with Crippen molar-refractivity contribution in [2.45, 2.75) is 13.0 Å². The molecule has 1 aromatic carbocycles. The second-order valence-corrected chi connectivity index (χ2v) is 5.46. The van der Waals surface area contributed by atoms with Crippen molar-refractivity contribution in [3.63, 3.8) is 0 Å². The van der Waals surface area contributed by atoms with E-state index in [1.54, 1.807) is 26.5 Å². The summed E-state index contributed by atoms with van der Waals surface area (Å²) in [6, 6.07) is 11.1. The number of nitrogens with one attached hydrogen (secondary N) is 2. The van der Waals surface area contributed by atoms with Gasteiger partial charge in [-0.05, 0) is 37.3 Å². The van der Waals surface area contributed by atoms with Crippen molar-refractivity contribution < 1.29 is 14.2 Å². The van der Waals surface area contributed by atoms with Gasteiger partial charge in [-0.1, -0.05) is 12.1 Å². The van der Waals surface area contributed by atoms with Crippen molar-refractivity contribution in [3.05, 3.63) is 42.6 Å². The van der Waals surface area contributed by atoms with Gasteiger partial charge in [0.25, 0.3) is 0 Å². The number of rotatable bonds is 7. The zero-order valence-corrected chi connectivity index (χ0v) is 14.7. The molecule has 0 aliphatic heterocycles. The van der Waals surface area contributed by atoms with Crippen molar-refractivity contribution >= 4 is 23.0 Å². The Bertz CT molecular complexity index is 664. The number of aromatic nitrogens is 1. The van der Waals surface area contributed by atoms with Gasteiger partial charge in [-0.15, -0.1) is 0 Å². The van der Waals surface area contributed by atoms with E-state index in [1.807, 2.05) is 37.3 Å². The first-order valence-electron chi connectivity index (χ1n) is 7.45. The molecule has 0 spiro atoms. The minimum Gasteiger partial charge on any atom is -0.493 e. The number of hydrogen-bond acceptors (Lipinski definition) is 5. The van der Waals surface area contributed by atoms with Crippen molar-refractivity contribution in [1.82, 2.24) is 10.3 Å². The predicted molar refractivity (Wildman–Crippen MR) is 98.1 cm³/mol. The Labute approximate surface area is 147 Å². The van der Waals surface area contributed by atoms with Crippen LogP contribution in [-0.2, 0) is 0 Å². The molecule has 0 saturated heterocycles. The maximum absolute atomic E-state index is 5.77. The van der Waals surface area contributed by atoms with Crippen molar-refractivity contribution in [3.8, 4) is 17.4 Å². The van der Waals surface area contributed by atoms with E-state index >= 15 is 0 Å². The van der Waals surface area contributed by atoms with Crippen molar-refractivity contribution in [2.75, 3.05) is 26.1 Å². The molecule has 0 bridgehead atoms. The molecule has 0 fully saturated rings. The summed E-state index contributed by atoms with van der Waals surface area (Å²) in [5.41, 5.74) is 0.783. The number of nitrogens with zero attached hydrogens (tertiary/aromatic N) is 1. The van der Waals surface area contributed by atoms with E-state index in [0.717, 1.165) is 5.69 Å². The summed E-state index contributed by atoms with van der Waals surface area (Å²) < 4.78 is 16.0. The summed E-state index contributed by atoms with van der Waals surface area (Å²) in [4.78, 5) is 4.11. The fourth-order valence-electron chi connectivity index (χ4n) is 1.96. The number of thiocarbonyl (C=S) groups is 1. The van der Waals surface area contributed by atoms with E-state index in [2.05, 4.69) is 15.6 Å². The lowest BCUT2D eigenvalue weighted by Crippen LogP contribution is -2.39. The van der Waals surface area contributed by atoms with Crippen LogP contribution in [0.2, 0.25) is 0 Å². The van der Waals surface area contributed by atoms with Gasteiger partial charge in [0.1, 0.15) is 6.61 Å². The van der Waals surface area contributed by atoms with E-state index in [9.17, 15) is 0 Å². The summed E-state index contributed by atoms with van der Waals surface area (Å²) in [7, 11) is 3.19. The fraction of sp³-hybridized carbons (Fsp3) is 0.294. The molecule has 1 atom stereocenters. The van der Waals surface area contributed by atoms with Crippen LogP contribution in [0.1, 0.15) is 6.92 Å². The van der Waals surface area contributed by atoms with Gasteiger partial charge in [-0.2, -0.15) is 0 Å². The maximum Gasteiger partial charge on any atom is 0.213 e. The van der Waals surface area contributed by atoms with Crippen LogP contribution in [0.25, 0.3) is 0 Å². The van der Waals surface area contributed by atoms with E-state index < -0.39 is 0 Å². The lowest BCUT2D eigenvalue weighted by Gasteiger charge is -2.18. The quantitative estimate of drug-likeness (QED) is 0.747. The molecule has 7 heteroatoms. The molecule has 0 amide bonds. The van der Waals surface area contributed by atoms with Crippen LogP contribution in [0.4, 0.5) is 5.69 Å². The van der Waals surface area contributed by atoms with Gasteiger partial charge in [-0.25, -0.2) is 4.98 Å². The molecule has 2 aromatic rings. The van der Waals surface area contributed by atoms with Crippen LogP contribution >= 0.6 is 12.2 Å². The third-order valence-corrected chi connectivity index (χ3v) is 3.36. The van der Waals surface area contributed by atoms with E-state index in [-0.39, 0.29) is 6.04 Å². The summed E-state index contributed by atoms with van der Waals surface area (Å²) in [5.74, 6) is 1.96. The molecule has 0 aliphatic rings. The summed E-state index contributed by atoms with van der Waals surface area (Å²) >= 11 is 5.29. The predicted octanol–water partition coefficient (Wildman–Crippen LogP) is 2.85. The standard InChI is InChI=1S/C17H21N3O3S/c1-12(11-23-15-7-5-4-6-14(15)21-2)19-17(24)20-13-8-9-16(22-3)18-10-13/h4-10,12H,11H2,1-3H3,(H2,19,20,24). The number of pyridine rings is 1. The highest BCUT2D eigenvalue weighted by Gasteiger charge is 2.08. The average molecular weight is 347 g/mol. The number of ether oxygens (including phenoxy) is 3. The first-order valence-corrected chi connectivity index (χ1v) is 7.86. The Morgan fingerprint density at radius 3 is 2.50 bits per heavy atom. The third kappa shape index (κ3) is 5.27. The molecule has 1 aromatic heterocycles. The molecule has 2 N–H and O–H groups in total. The Morgan fingerprint density at radius 1 is 1.12 bits per heavy atom. The second-order valence-electron chi connectivity index (χ2n) is 5.05. The Kier molecular flexibility index (Phi) is 6.62. The highest BCUT2D eigenvalue weighted by molar-refractivity contribution is 7.80. The minimum atomic E-state index is 0.0149. The SMILES string of the molecule is COc1ccc(NC(=S)NC(C)COc2ccccc2OC)cn1. The largest absolute Gasteiger partial charge is 0.493 e. The molecular weight excluding hydrogens is 326 g/mol. The van der Waals surface area contributed by atoms with E-state index in [1.165, 1.54) is 0 Å². The van der Waals surface area contributed by atoms with Gasteiger partial charge in [0.2, 0.25) is 5.88 Å². The summed E-state index contributed by atoms with van der Waals surface area (Å²) in [5, 5.41) is 6.73. The fourth-order valence-corrected chi connectivity index (χ4v) is 2.28. The smallest absolute Gasteiger partial charge is 0.213 e. The van der Waals surface area contributed by atoms with Gasteiger partial charge in [-0.3, -0.25) is 0 Å². The Morgan fingerprint density at radius 2 is 1.88 bits per heavy atom. The molecule has 6 nitrogen and oxygen atoms in total. The minimum absolute atomic E-state index is 0.0149. The molecule has 1 heterocycles. The number of benzene rings is 1. The molecule has 0 saturated carbocycles. The van der Waals surface area contributed by atoms with Gasteiger partial charge in [0.05, 0.1) is 32.1 Å². The average Bonchev–Trinajstić information content (AvgIpc) is 2.60. The zero-order chi connectivity index (χ0) is 17.4. The molecule has 24 heavy (non-hydrogen) atoms. The number of methoxy groups -OCH3 is 2. The molecule has 128 valence electrons. The van der Waals surface area contributed by atoms with Crippen LogP contribution < -0.4 is 24.8 Å². The third-order valence-electron chi connectivity index (χ3n) is 3.14. The van der Waals surface area contributed by atoms with Crippen LogP contribution in [0.15, 0.2) is 42.6 Å². The van der Waals surface area contributed by atoms with E-state index in [0.29, 0.717) is 29.1 Å². The number of anilines is 1. The van der Waals surface area contributed by atoms with Crippen molar-refractivity contribution in [1.29, 1.82) is 0 Å². The van der Waals surface area contributed by atoms with Crippen molar-refractivity contribution in [2.24, 2.45) is 0 Å². The molecule has 0 radical (unpaired) electrons. The van der Waals surface area contributed by atoms with Gasteiger partial charge >= 0.3 is 0 Å². The van der Waals surface area contributed by atoms with Crippen LogP contribution in [0, 0.1) is 0 Å². The number of para-hydroxylation sites is 2. The first-order chi connectivity index (χ1) is 11.6. The topological polar surface area (TPSA) is 64.6 Å². The lowest BCUT2D eigenvalue weighted by atomic mass is 10.3. The van der Waals surface area contributed by atoms with Gasteiger partial charge in [0, 0.05) is 6.07 Å². The van der Waals surface area contributed by atoms with Gasteiger partial charge in [0.15, 0.2) is 16.6 Å². The maximum atomic E-state index is 5.77. The molecule has 0 aliphatic carbocycles.